The minimum atomic E-state index is -0.131. The zero-order chi connectivity index (χ0) is 18.6. The average molecular weight is 460 g/mol. The van der Waals surface area contributed by atoms with Crippen LogP contribution < -0.4 is 5.32 Å². The molecule has 1 aliphatic rings. The first-order valence-electron chi connectivity index (χ1n) is 8.08. The van der Waals surface area contributed by atoms with Crippen LogP contribution in [0.25, 0.3) is 11.0 Å². The highest BCUT2D eigenvalue weighted by atomic mass is 79.9. The van der Waals surface area contributed by atoms with Crippen molar-refractivity contribution in [1.82, 2.24) is 15.3 Å². The van der Waals surface area contributed by atoms with Crippen LogP contribution in [0.2, 0.25) is 0 Å². The lowest BCUT2D eigenvalue weighted by atomic mass is 10.1. The number of aromatic nitrogens is 2. The summed E-state index contributed by atoms with van der Waals surface area (Å²) in [5.41, 5.74) is 3.77. The second-order valence-corrected chi connectivity index (χ2v) is 8.49. The van der Waals surface area contributed by atoms with Gasteiger partial charge in [0.15, 0.2) is 10.3 Å². The van der Waals surface area contributed by atoms with Crippen molar-refractivity contribution in [2.75, 3.05) is 11.5 Å². The number of carbonyl (C=O) groups excluding carboxylic acids is 1. The highest BCUT2D eigenvalue weighted by Gasteiger charge is 2.15. The van der Waals surface area contributed by atoms with Crippen molar-refractivity contribution in [3.63, 3.8) is 0 Å². The molecule has 0 atom stereocenters. The maximum absolute atomic E-state index is 12.2. The molecule has 0 saturated heterocycles. The monoisotopic (exact) mass is 459 g/mol. The summed E-state index contributed by atoms with van der Waals surface area (Å²) < 4.78 is 1.02. The van der Waals surface area contributed by atoms with Crippen molar-refractivity contribution in [3.05, 3.63) is 58.6 Å². The van der Waals surface area contributed by atoms with E-state index in [4.69, 9.17) is 0 Å². The Hall–Kier alpha value is -2.10. The minimum Gasteiger partial charge on any atom is -0.333 e. The first-order chi connectivity index (χ1) is 13.2. The van der Waals surface area contributed by atoms with Gasteiger partial charge in [-0.05, 0) is 29.8 Å². The molecular formula is C18H14BrN5OS2. The average Bonchev–Trinajstić information content (AvgIpc) is 3.11. The lowest BCUT2D eigenvalue weighted by Crippen LogP contribution is -2.31. The fourth-order valence-corrected chi connectivity index (χ4v) is 4.16. The molecule has 2 aromatic carbocycles. The summed E-state index contributed by atoms with van der Waals surface area (Å²) in [6.45, 7) is 0. The van der Waals surface area contributed by atoms with Crippen LogP contribution in [0.3, 0.4) is 0 Å². The van der Waals surface area contributed by atoms with Crippen LogP contribution >= 0.6 is 39.5 Å². The van der Waals surface area contributed by atoms with Gasteiger partial charge in [0.25, 0.3) is 0 Å². The van der Waals surface area contributed by atoms with Gasteiger partial charge in [-0.15, -0.1) is 5.10 Å². The summed E-state index contributed by atoms with van der Waals surface area (Å²) in [7, 11) is 0. The maximum atomic E-state index is 12.2. The number of rotatable bonds is 4. The van der Waals surface area contributed by atoms with Crippen LogP contribution in [0.4, 0.5) is 0 Å². The van der Waals surface area contributed by atoms with Gasteiger partial charge >= 0.3 is 0 Å². The second kappa shape index (κ2) is 8.28. The zero-order valence-corrected chi connectivity index (χ0v) is 17.2. The number of fused-ring (bicyclic) bond motifs is 1. The molecule has 1 aliphatic heterocycles. The third-order valence-electron chi connectivity index (χ3n) is 3.74. The van der Waals surface area contributed by atoms with Gasteiger partial charge in [0.05, 0.1) is 22.5 Å². The number of hydrogen-bond donors (Lipinski definition) is 2. The number of benzene rings is 2. The molecule has 4 rings (SSSR count). The summed E-state index contributed by atoms with van der Waals surface area (Å²) in [6, 6.07) is 15.7. The molecule has 0 radical (unpaired) electrons. The summed E-state index contributed by atoms with van der Waals surface area (Å²) >= 11 is 6.24. The van der Waals surface area contributed by atoms with Gasteiger partial charge in [-0.1, -0.05) is 63.7 Å². The first-order valence-corrected chi connectivity index (χ1v) is 10.8. The van der Waals surface area contributed by atoms with Gasteiger partial charge in [0.1, 0.15) is 0 Å². The molecule has 27 heavy (non-hydrogen) atoms. The Morgan fingerprint density at radius 1 is 1.19 bits per heavy atom. The Kier molecular flexibility index (Phi) is 5.61. The number of amidine groups is 1. The van der Waals surface area contributed by atoms with Crippen LogP contribution in [-0.2, 0) is 4.79 Å². The number of aromatic amines is 1. The Labute approximate surface area is 172 Å². The summed E-state index contributed by atoms with van der Waals surface area (Å²) in [4.78, 5) is 19.8. The number of nitrogens with one attached hydrogen (secondary N) is 2. The molecular weight excluding hydrogens is 446 g/mol. The first kappa shape index (κ1) is 18.3. The molecule has 0 unspecified atom stereocenters. The van der Waals surface area contributed by atoms with Gasteiger partial charge in [0.2, 0.25) is 5.91 Å². The van der Waals surface area contributed by atoms with E-state index in [-0.39, 0.29) is 11.7 Å². The Balaban J connectivity index is 1.33. The Bertz CT molecular complexity index is 1010. The number of halogens is 1. The fraction of sp³-hybridized carbons (Fsp3) is 0.111. The number of thioether (sulfide) groups is 2. The van der Waals surface area contributed by atoms with Gasteiger partial charge in [0, 0.05) is 10.2 Å². The van der Waals surface area contributed by atoms with Crippen molar-refractivity contribution in [2.45, 2.75) is 5.16 Å². The van der Waals surface area contributed by atoms with E-state index in [0.717, 1.165) is 31.9 Å². The quantitative estimate of drug-likeness (QED) is 0.576. The largest absolute Gasteiger partial charge is 0.333 e. The molecule has 1 amide bonds. The van der Waals surface area contributed by atoms with Gasteiger partial charge < -0.3 is 10.3 Å². The van der Waals surface area contributed by atoms with Crippen molar-refractivity contribution >= 4 is 67.3 Å². The van der Waals surface area contributed by atoms with E-state index < -0.39 is 0 Å². The highest BCUT2D eigenvalue weighted by molar-refractivity contribution is 9.10. The van der Waals surface area contributed by atoms with Crippen LogP contribution in [0.1, 0.15) is 5.56 Å². The number of carbonyl (C=O) groups is 1. The standard InChI is InChI=1S/C18H14BrN5OS2/c19-12-7-5-11(6-8-12)15-9-26-18(24-23-15)22-16(25)10-27-17-20-13-3-1-2-4-14(13)21-17/h1-8H,9-10H2,(H,20,21)(H,22,24,25). The van der Waals surface area contributed by atoms with E-state index in [9.17, 15) is 4.79 Å². The summed E-state index contributed by atoms with van der Waals surface area (Å²) in [6.07, 6.45) is 0. The number of para-hydroxylation sites is 2. The number of H-pyrrole nitrogens is 1. The number of nitrogens with zero attached hydrogens (tertiary/aromatic N) is 3. The lowest BCUT2D eigenvalue weighted by Gasteiger charge is -2.12. The number of hydrogen-bond acceptors (Lipinski definition) is 6. The molecule has 1 aromatic heterocycles. The molecule has 0 bridgehead atoms. The van der Waals surface area contributed by atoms with E-state index in [1.807, 2.05) is 48.5 Å². The van der Waals surface area contributed by atoms with Crippen molar-refractivity contribution in [1.29, 1.82) is 0 Å². The van der Waals surface area contributed by atoms with Crippen LogP contribution in [-0.4, -0.2) is 38.3 Å². The van der Waals surface area contributed by atoms with E-state index in [1.165, 1.54) is 23.5 Å². The molecule has 2 heterocycles. The second-order valence-electron chi connectivity index (χ2n) is 5.64. The third-order valence-corrected chi connectivity index (χ3v) is 6.02. The Morgan fingerprint density at radius 3 is 2.74 bits per heavy atom. The molecule has 9 heteroatoms. The normalized spacial score (nSPS) is 14.0. The predicted octanol–water partition coefficient (Wildman–Crippen LogP) is 4.04. The van der Waals surface area contributed by atoms with Crippen molar-refractivity contribution < 1.29 is 4.79 Å². The van der Waals surface area contributed by atoms with Gasteiger partial charge in [-0.25, -0.2) is 4.98 Å². The summed E-state index contributed by atoms with van der Waals surface area (Å²) in [5.74, 6) is 0.786. The minimum absolute atomic E-state index is 0.131. The number of amides is 1. The molecule has 136 valence electrons. The Morgan fingerprint density at radius 2 is 2.00 bits per heavy atom. The van der Waals surface area contributed by atoms with E-state index in [0.29, 0.717) is 10.9 Å². The third kappa shape index (κ3) is 4.60. The fourth-order valence-electron chi connectivity index (χ4n) is 2.43. The van der Waals surface area contributed by atoms with Crippen molar-refractivity contribution in [2.24, 2.45) is 10.2 Å². The van der Waals surface area contributed by atoms with E-state index >= 15 is 0 Å². The highest BCUT2D eigenvalue weighted by Crippen LogP contribution is 2.20. The van der Waals surface area contributed by atoms with E-state index in [2.05, 4.69) is 41.4 Å². The maximum Gasteiger partial charge on any atom is 0.236 e. The molecule has 0 fully saturated rings. The molecule has 0 spiro atoms. The zero-order valence-electron chi connectivity index (χ0n) is 14.0. The van der Waals surface area contributed by atoms with Crippen LogP contribution in [0.15, 0.2) is 68.4 Å². The molecule has 0 saturated carbocycles. The summed E-state index contributed by atoms with van der Waals surface area (Å²) in [5, 5.41) is 12.4. The lowest BCUT2D eigenvalue weighted by molar-refractivity contribution is -0.117. The van der Waals surface area contributed by atoms with Gasteiger partial charge in [-0.3, -0.25) is 4.79 Å². The van der Waals surface area contributed by atoms with Crippen LogP contribution in [0, 0.1) is 0 Å². The smallest absolute Gasteiger partial charge is 0.236 e. The predicted molar refractivity (Wildman–Crippen MR) is 116 cm³/mol. The topological polar surface area (TPSA) is 82.5 Å². The van der Waals surface area contributed by atoms with Gasteiger partial charge in [-0.2, -0.15) is 5.10 Å². The molecule has 0 aliphatic carbocycles. The SMILES string of the molecule is O=C(CSc1nc2ccccc2[nH]1)NC1=NN=C(c2ccc(Br)cc2)CS1. The van der Waals surface area contributed by atoms with Crippen LogP contribution in [0.5, 0.6) is 0 Å². The molecule has 6 nitrogen and oxygen atoms in total. The molecule has 2 N–H and O–H groups in total. The number of imidazole rings is 1. The van der Waals surface area contributed by atoms with Crippen molar-refractivity contribution in [3.8, 4) is 0 Å². The van der Waals surface area contributed by atoms with E-state index in [1.54, 1.807) is 0 Å². The molecule has 3 aromatic rings.